The fraction of sp³-hybridized carbons (Fsp3) is 0.389. The maximum Gasteiger partial charge on any atom is 0.180 e. The van der Waals surface area contributed by atoms with Crippen LogP contribution in [-0.4, -0.2) is 22.2 Å². The molecule has 0 aliphatic heterocycles. The van der Waals surface area contributed by atoms with Crippen molar-refractivity contribution in [2.24, 2.45) is 0 Å². The quantitative estimate of drug-likeness (QED) is 0.563. The van der Waals surface area contributed by atoms with Crippen molar-refractivity contribution in [1.29, 1.82) is 0 Å². The van der Waals surface area contributed by atoms with Crippen molar-refractivity contribution in [3.63, 3.8) is 0 Å². The van der Waals surface area contributed by atoms with Crippen molar-refractivity contribution in [1.82, 2.24) is 10.3 Å². The number of nitrogen functional groups attached to an aromatic ring is 1. The fourth-order valence-corrected chi connectivity index (χ4v) is 2.59. The summed E-state index contributed by atoms with van der Waals surface area (Å²) in [5.74, 6) is 5.78. The smallest absolute Gasteiger partial charge is 0.180 e. The summed E-state index contributed by atoms with van der Waals surface area (Å²) < 4.78 is 0. The van der Waals surface area contributed by atoms with Crippen LogP contribution in [0.5, 0.6) is 0 Å². The van der Waals surface area contributed by atoms with Gasteiger partial charge in [-0.2, -0.15) is 0 Å². The first kappa shape index (κ1) is 17.5. The fourth-order valence-electron chi connectivity index (χ4n) is 2.00. The molecule has 2 aromatic rings. The molecule has 1 heterocycles. The Bertz CT molecular complexity index is 675. The van der Waals surface area contributed by atoms with Gasteiger partial charge in [-0.15, -0.1) is 11.3 Å². The number of nitrogens with two attached hydrogens (primary N) is 1. The van der Waals surface area contributed by atoms with Gasteiger partial charge in [-0.25, -0.2) is 4.98 Å². The highest BCUT2D eigenvalue weighted by Gasteiger charge is 2.05. The van der Waals surface area contributed by atoms with Crippen LogP contribution >= 0.6 is 11.3 Å². The number of aryl methyl sites for hydroxylation is 1. The van der Waals surface area contributed by atoms with E-state index >= 15 is 0 Å². The number of hydrogen-bond acceptors (Lipinski definition) is 5. The molecule has 0 aliphatic carbocycles. The van der Waals surface area contributed by atoms with Crippen LogP contribution in [0.15, 0.2) is 29.6 Å². The Kier molecular flexibility index (Phi) is 6.17. The number of benzene rings is 1. The van der Waals surface area contributed by atoms with E-state index < -0.39 is 5.60 Å². The zero-order chi connectivity index (χ0) is 16.7. The Hall–Kier alpha value is -1.87. The van der Waals surface area contributed by atoms with Gasteiger partial charge in [0.1, 0.15) is 5.60 Å². The van der Waals surface area contributed by atoms with Gasteiger partial charge in [0.25, 0.3) is 0 Å². The van der Waals surface area contributed by atoms with Gasteiger partial charge in [0.2, 0.25) is 0 Å². The third kappa shape index (κ3) is 6.83. The first-order chi connectivity index (χ1) is 10.9. The lowest BCUT2D eigenvalue weighted by molar-refractivity contribution is 0.143. The van der Waals surface area contributed by atoms with Gasteiger partial charge in [-0.1, -0.05) is 24.0 Å². The summed E-state index contributed by atoms with van der Waals surface area (Å²) in [6.45, 7) is 5.13. The van der Waals surface area contributed by atoms with Gasteiger partial charge in [0.05, 0.1) is 5.69 Å². The van der Waals surface area contributed by atoms with Gasteiger partial charge in [-0.05, 0) is 50.9 Å². The van der Waals surface area contributed by atoms with E-state index in [1.165, 1.54) is 16.9 Å². The number of anilines is 1. The zero-order valence-corrected chi connectivity index (χ0v) is 14.4. The molecule has 1 aromatic heterocycles. The summed E-state index contributed by atoms with van der Waals surface area (Å²) in [5, 5.41) is 15.7. The van der Waals surface area contributed by atoms with Gasteiger partial charge >= 0.3 is 0 Å². The monoisotopic (exact) mass is 329 g/mol. The number of nitrogens with one attached hydrogen (secondary N) is 1. The summed E-state index contributed by atoms with van der Waals surface area (Å²) in [6.07, 6.45) is 1.99. The van der Waals surface area contributed by atoms with Crippen molar-refractivity contribution >= 4 is 16.5 Å². The van der Waals surface area contributed by atoms with E-state index in [0.29, 0.717) is 5.13 Å². The Morgan fingerprint density at radius 2 is 2.04 bits per heavy atom. The Morgan fingerprint density at radius 1 is 1.30 bits per heavy atom. The number of rotatable bonds is 6. The Balaban J connectivity index is 1.70. The van der Waals surface area contributed by atoms with Gasteiger partial charge in [0.15, 0.2) is 5.13 Å². The molecule has 0 saturated heterocycles. The molecule has 0 aliphatic rings. The van der Waals surface area contributed by atoms with Gasteiger partial charge in [-0.3, -0.25) is 0 Å². The molecular weight excluding hydrogens is 306 g/mol. The second-order valence-corrected chi connectivity index (χ2v) is 6.85. The van der Waals surface area contributed by atoms with Crippen molar-refractivity contribution < 1.29 is 5.11 Å². The van der Waals surface area contributed by atoms with Crippen LogP contribution in [0.3, 0.4) is 0 Å². The molecule has 0 bridgehead atoms. The third-order valence-electron chi connectivity index (χ3n) is 3.15. The van der Waals surface area contributed by atoms with E-state index in [-0.39, 0.29) is 0 Å². The molecule has 0 fully saturated rings. The van der Waals surface area contributed by atoms with Crippen LogP contribution in [0.1, 0.15) is 37.1 Å². The molecule has 122 valence electrons. The summed E-state index contributed by atoms with van der Waals surface area (Å²) in [6, 6.07) is 8.08. The number of nitrogens with zero attached hydrogens (tertiary/aromatic N) is 1. The maximum absolute atomic E-state index is 9.59. The predicted molar refractivity (Wildman–Crippen MR) is 96.2 cm³/mol. The van der Waals surface area contributed by atoms with E-state index in [0.717, 1.165) is 37.2 Å². The Labute approximate surface area is 141 Å². The Morgan fingerprint density at radius 3 is 2.65 bits per heavy atom. The molecule has 0 atom stereocenters. The minimum atomic E-state index is -0.956. The highest BCUT2D eigenvalue weighted by molar-refractivity contribution is 7.13. The average Bonchev–Trinajstić information content (AvgIpc) is 2.91. The van der Waals surface area contributed by atoms with Crippen LogP contribution in [0, 0.1) is 11.8 Å². The summed E-state index contributed by atoms with van der Waals surface area (Å²) in [5.41, 5.74) is 7.86. The molecule has 0 unspecified atom stereocenters. The van der Waals surface area contributed by atoms with E-state index in [2.05, 4.69) is 34.3 Å². The lowest BCUT2D eigenvalue weighted by Gasteiger charge is -2.06. The van der Waals surface area contributed by atoms with E-state index in [1.54, 1.807) is 13.8 Å². The van der Waals surface area contributed by atoms with Crippen LogP contribution in [0.25, 0.3) is 0 Å². The summed E-state index contributed by atoms with van der Waals surface area (Å²) in [4.78, 5) is 4.25. The molecule has 0 amide bonds. The minimum Gasteiger partial charge on any atom is -0.378 e. The van der Waals surface area contributed by atoms with Crippen molar-refractivity contribution in [2.75, 3.05) is 12.3 Å². The van der Waals surface area contributed by atoms with Crippen LogP contribution in [-0.2, 0) is 13.0 Å². The van der Waals surface area contributed by atoms with E-state index in [4.69, 9.17) is 5.73 Å². The van der Waals surface area contributed by atoms with Gasteiger partial charge in [0, 0.05) is 17.5 Å². The first-order valence-corrected chi connectivity index (χ1v) is 8.55. The molecule has 23 heavy (non-hydrogen) atoms. The molecule has 0 saturated carbocycles. The molecule has 5 heteroatoms. The topological polar surface area (TPSA) is 71.2 Å². The van der Waals surface area contributed by atoms with Crippen LogP contribution in [0.4, 0.5) is 5.13 Å². The van der Waals surface area contributed by atoms with Crippen LogP contribution < -0.4 is 11.1 Å². The molecule has 4 nitrogen and oxygen atoms in total. The molecular formula is C18H23N3OS. The molecule has 0 radical (unpaired) electrons. The highest BCUT2D eigenvalue weighted by Crippen LogP contribution is 2.12. The number of aromatic nitrogens is 1. The second-order valence-electron chi connectivity index (χ2n) is 5.96. The molecule has 0 spiro atoms. The van der Waals surface area contributed by atoms with Crippen molar-refractivity contribution in [3.8, 4) is 11.8 Å². The lowest BCUT2D eigenvalue weighted by atomic mass is 10.1. The number of thiazole rings is 1. The molecule has 1 aromatic carbocycles. The largest absolute Gasteiger partial charge is 0.378 e. The highest BCUT2D eigenvalue weighted by atomic mass is 32.1. The van der Waals surface area contributed by atoms with Crippen LogP contribution in [0.2, 0.25) is 0 Å². The first-order valence-electron chi connectivity index (χ1n) is 7.67. The minimum absolute atomic E-state index is 0.640. The normalized spacial score (nSPS) is 11.1. The number of hydrogen-bond donors (Lipinski definition) is 3. The second kappa shape index (κ2) is 8.11. The SMILES string of the molecule is CC(C)(O)C#Cc1ccc(CNCCCc2csc(N)n2)cc1. The standard InChI is InChI=1S/C18H23N3OS/c1-18(2,22)10-9-14-5-7-15(8-6-14)12-20-11-3-4-16-13-23-17(19)21-16/h5-8,13,20,22H,3-4,11-12H2,1-2H3,(H2,19,21). The van der Waals surface area contributed by atoms with E-state index in [9.17, 15) is 5.11 Å². The number of aliphatic hydroxyl groups is 1. The molecule has 4 N–H and O–H groups in total. The van der Waals surface area contributed by atoms with Crippen molar-refractivity contribution in [3.05, 3.63) is 46.5 Å². The van der Waals surface area contributed by atoms with Gasteiger partial charge < -0.3 is 16.2 Å². The lowest BCUT2D eigenvalue weighted by Crippen LogP contribution is -2.15. The summed E-state index contributed by atoms with van der Waals surface area (Å²) in [7, 11) is 0. The average molecular weight is 329 g/mol. The zero-order valence-electron chi connectivity index (χ0n) is 13.6. The predicted octanol–water partition coefficient (Wildman–Crippen LogP) is 2.57. The summed E-state index contributed by atoms with van der Waals surface area (Å²) >= 11 is 1.49. The third-order valence-corrected chi connectivity index (χ3v) is 3.87. The van der Waals surface area contributed by atoms with E-state index in [1.807, 2.05) is 17.5 Å². The van der Waals surface area contributed by atoms with Crippen molar-refractivity contribution in [2.45, 2.75) is 38.8 Å². The maximum atomic E-state index is 9.59. The molecule has 2 rings (SSSR count).